The van der Waals surface area contributed by atoms with Gasteiger partial charge in [-0.05, 0) is 120 Å². The highest BCUT2D eigenvalue weighted by atomic mass is 35.5. The summed E-state index contributed by atoms with van der Waals surface area (Å²) < 4.78 is 86.5. The van der Waals surface area contributed by atoms with Crippen molar-refractivity contribution in [1.29, 1.82) is 0 Å². The zero-order valence-electron chi connectivity index (χ0n) is 52.0. The van der Waals surface area contributed by atoms with E-state index < -0.39 is 52.1 Å². The van der Waals surface area contributed by atoms with Gasteiger partial charge in [-0.15, -0.1) is 0 Å². The summed E-state index contributed by atoms with van der Waals surface area (Å²) in [4.78, 5) is 62.7. The number of aromatic amines is 2. The third kappa shape index (κ3) is 19.7. The van der Waals surface area contributed by atoms with Gasteiger partial charge in [0.05, 0.1) is 66.2 Å². The summed E-state index contributed by atoms with van der Waals surface area (Å²) in [5.41, 5.74) is 2.66. The van der Waals surface area contributed by atoms with Gasteiger partial charge in [0.25, 0.3) is 16.4 Å². The van der Waals surface area contributed by atoms with Crippen LogP contribution in [0.25, 0.3) is 0 Å². The van der Waals surface area contributed by atoms with Crippen molar-refractivity contribution in [3.8, 4) is 5.88 Å². The van der Waals surface area contributed by atoms with Crippen LogP contribution in [0.1, 0.15) is 105 Å². The summed E-state index contributed by atoms with van der Waals surface area (Å²) in [6.45, 7) is 20.5. The van der Waals surface area contributed by atoms with Gasteiger partial charge in [-0.25, -0.2) is 34.7 Å². The molecule has 0 saturated heterocycles. The fourth-order valence-corrected chi connectivity index (χ4v) is 13.1. The number of aromatic nitrogens is 12. The second kappa shape index (κ2) is 32.5. The Labute approximate surface area is 547 Å². The molecular weight excluding hydrogens is 1320 g/mol. The average molecular weight is 1390 g/mol. The first-order valence-electron chi connectivity index (χ1n) is 27.9. The number of nitrogens with zero attached hydrogens (tertiary/aromatic N) is 11. The SMILES string of the molecule is CCN(CC)CC.CCn1[nH]c(C)c(C(=O)c2ccc(S(C)(=O)=O)c(Cn3cccn3)c2Cl)c1=O.CCn1[nH]c(C)cc1=O.CS(=O)(=O)c1ccc(C(=O)Cl)c(Cl)c1Cn1cccn1.Cc1cc(OC(=O)c2ccc(S(C)(=O)=O)c(Cn3cccn3)c2Cl)n(C)n1. The van der Waals surface area contributed by atoms with Crippen LogP contribution >= 0.6 is 46.4 Å². The molecule has 32 heteroatoms. The number of nitrogens with one attached hydrogen (secondary N) is 2. The maximum atomic E-state index is 13.1. The second-order valence-electron chi connectivity index (χ2n) is 20.2. The number of halogens is 4. The summed E-state index contributed by atoms with van der Waals surface area (Å²) in [6, 6.07) is 16.3. The van der Waals surface area contributed by atoms with Gasteiger partial charge >= 0.3 is 5.97 Å². The van der Waals surface area contributed by atoms with Crippen molar-refractivity contribution in [2.24, 2.45) is 7.05 Å². The number of hydrogen-bond acceptors (Lipinski definition) is 17. The summed E-state index contributed by atoms with van der Waals surface area (Å²) in [6.07, 6.45) is 12.9. The number of esters is 1. The fourth-order valence-electron chi connectivity index (χ4n) is 8.98. The minimum atomic E-state index is -3.59. The molecule has 25 nitrogen and oxygen atoms in total. The molecule has 0 atom stereocenters. The first-order chi connectivity index (χ1) is 42.7. The molecule has 0 aliphatic carbocycles. The van der Waals surface area contributed by atoms with Gasteiger partial charge in [0.2, 0.25) is 11.7 Å². The Kier molecular flexibility index (Phi) is 26.5. The Morgan fingerprint density at radius 2 is 0.989 bits per heavy atom. The van der Waals surface area contributed by atoms with Gasteiger partial charge in [-0.1, -0.05) is 55.6 Å². The average Bonchev–Trinajstić information content (AvgIpc) is 1.65. The van der Waals surface area contributed by atoms with Crippen LogP contribution in [-0.2, 0) is 69.3 Å². The van der Waals surface area contributed by atoms with Crippen molar-refractivity contribution in [1.82, 2.24) is 63.6 Å². The van der Waals surface area contributed by atoms with Gasteiger partial charge in [0, 0.05) is 122 Å². The van der Waals surface area contributed by atoms with Crippen LogP contribution in [0.3, 0.4) is 0 Å². The van der Waals surface area contributed by atoms with Crippen LogP contribution in [0.4, 0.5) is 0 Å². The summed E-state index contributed by atoms with van der Waals surface area (Å²) >= 11 is 24.5. The largest absolute Gasteiger partial charge is 0.404 e. The summed E-state index contributed by atoms with van der Waals surface area (Å²) in [5, 5.41) is 21.3. The first-order valence-corrected chi connectivity index (χ1v) is 35.1. The number of aryl methyl sites for hydroxylation is 6. The lowest BCUT2D eigenvalue weighted by Crippen LogP contribution is -2.22. The molecule has 0 radical (unpaired) electrons. The molecule has 0 aliphatic heterocycles. The van der Waals surface area contributed by atoms with Crippen molar-refractivity contribution in [3.05, 3.63) is 196 Å². The molecule has 9 rings (SSSR count). The second-order valence-corrected chi connectivity index (χ2v) is 27.6. The van der Waals surface area contributed by atoms with Crippen molar-refractivity contribution in [2.75, 3.05) is 38.4 Å². The summed E-state index contributed by atoms with van der Waals surface area (Å²) in [5.74, 6) is -1.00. The van der Waals surface area contributed by atoms with E-state index in [1.165, 1.54) is 79.4 Å². The zero-order chi connectivity index (χ0) is 67.9. The third-order valence-electron chi connectivity index (χ3n) is 13.5. The van der Waals surface area contributed by atoms with Crippen LogP contribution in [0.15, 0.2) is 128 Å². The number of sulfone groups is 3. The zero-order valence-corrected chi connectivity index (χ0v) is 57.5. The van der Waals surface area contributed by atoms with Gasteiger partial charge in [-0.2, -0.15) is 20.4 Å². The van der Waals surface area contributed by atoms with E-state index in [9.17, 15) is 49.2 Å². The van der Waals surface area contributed by atoms with E-state index >= 15 is 0 Å². The molecule has 0 bridgehead atoms. The molecule has 0 amide bonds. The molecule has 0 fully saturated rings. The predicted octanol–water partition coefficient (Wildman–Crippen LogP) is 8.51. The molecule has 9 aromatic rings. The molecule has 2 N–H and O–H groups in total. The van der Waals surface area contributed by atoms with E-state index in [-0.39, 0.29) is 94.2 Å². The Hall–Kier alpha value is -7.70. The number of benzene rings is 3. The van der Waals surface area contributed by atoms with E-state index in [0.29, 0.717) is 30.0 Å². The quantitative estimate of drug-likeness (QED) is 0.0435. The monoisotopic (exact) mass is 1390 g/mol. The van der Waals surface area contributed by atoms with Crippen LogP contribution in [0, 0.1) is 20.8 Å². The molecule has 490 valence electrons. The van der Waals surface area contributed by atoms with Gasteiger partial charge in [-0.3, -0.25) is 47.7 Å². The molecule has 91 heavy (non-hydrogen) atoms. The Morgan fingerprint density at radius 3 is 1.30 bits per heavy atom. The van der Waals surface area contributed by atoms with Crippen molar-refractivity contribution < 1.29 is 44.4 Å². The molecular formula is C59H71Cl4N13O12S3. The van der Waals surface area contributed by atoms with Crippen LogP contribution in [-0.4, -0.2) is 144 Å². The van der Waals surface area contributed by atoms with Crippen LogP contribution in [0.5, 0.6) is 5.88 Å². The Morgan fingerprint density at radius 1 is 0.582 bits per heavy atom. The molecule has 6 aromatic heterocycles. The molecule has 0 aliphatic rings. The topological polar surface area (TPSA) is 313 Å². The number of H-pyrrole nitrogens is 2. The number of carbonyl (C=O) groups excluding carboxylic acids is 3. The van der Waals surface area contributed by atoms with E-state index in [1.54, 1.807) is 100 Å². The van der Waals surface area contributed by atoms with Crippen molar-refractivity contribution in [3.63, 3.8) is 0 Å². The summed E-state index contributed by atoms with van der Waals surface area (Å²) in [7, 11) is -8.98. The third-order valence-corrected chi connectivity index (χ3v) is 18.6. The van der Waals surface area contributed by atoms with Crippen molar-refractivity contribution >= 4 is 92.9 Å². The maximum Gasteiger partial charge on any atom is 0.346 e. The lowest BCUT2D eigenvalue weighted by atomic mass is 10.0. The molecule has 6 heterocycles. The first kappa shape index (κ1) is 74.0. The van der Waals surface area contributed by atoms with E-state index in [0.717, 1.165) is 24.5 Å². The highest BCUT2D eigenvalue weighted by Gasteiger charge is 2.28. The highest BCUT2D eigenvalue weighted by molar-refractivity contribution is 7.91. The standard InChI is InChI=1S/C18H19ClN4O4S.C17H17ClN4O4S.C12H10Cl2N2O3S.C6H10N2O.C6H15N/c1-4-23-18(25)15(11(2)21-23)17(24)12-6-7-14(28(3,26)27)13(16(12)19)10-22-9-5-8-20-22;1-11-9-15(21(2)20-11)26-17(23)12-5-6-14(27(3,24)25)13(16(12)18)10-22-8-4-7-19-22;1-20(18,19)10-4-3-8(12(14)17)11(13)9(10)7-16-6-2-5-15-16;1-3-8-6(9)4-5(2)7-8;1-4-7(5-2)6-3/h5-9,21H,4,10H2,1-3H3;4-9H,10H2,1-3H3;2-6H,7H2,1H3;4,7H,3H2,1-2H3;4-6H2,1-3H3. The van der Waals surface area contributed by atoms with Gasteiger partial charge in [0.15, 0.2) is 29.5 Å². The van der Waals surface area contributed by atoms with Gasteiger partial charge < -0.3 is 14.7 Å². The lowest BCUT2D eigenvalue weighted by molar-refractivity contribution is 0.0719. The fraction of sp³-hybridized carbons (Fsp3) is 0.339. The number of rotatable bonds is 19. The number of hydrogen-bond donors (Lipinski definition) is 2. The Balaban J connectivity index is 0.000000223. The normalized spacial score (nSPS) is 11.4. The van der Waals surface area contributed by atoms with Crippen LogP contribution < -0.4 is 15.9 Å². The lowest BCUT2D eigenvalue weighted by Gasteiger charge is -2.14. The molecule has 0 unspecified atom stereocenters. The van der Waals surface area contributed by atoms with E-state index in [4.69, 9.17) is 51.1 Å². The molecule has 0 spiro atoms. The molecule has 3 aromatic carbocycles. The highest BCUT2D eigenvalue weighted by Crippen LogP contribution is 2.33. The minimum absolute atomic E-state index is 0.00789. The number of carbonyl (C=O) groups is 3. The number of ether oxygens (including phenoxy) is 1. The van der Waals surface area contributed by atoms with Crippen molar-refractivity contribution in [2.45, 2.75) is 103 Å². The van der Waals surface area contributed by atoms with E-state index in [1.807, 2.05) is 13.8 Å². The van der Waals surface area contributed by atoms with E-state index in [2.05, 4.69) is 56.3 Å². The smallest absolute Gasteiger partial charge is 0.346 e. The number of ketones is 1. The minimum Gasteiger partial charge on any atom is -0.404 e. The predicted molar refractivity (Wildman–Crippen MR) is 349 cm³/mol. The van der Waals surface area contributed by atoms with Gasteiger partial charge in [0.1, 0.15) is 5.56 Å². The molecule has 0 saturated carbocycles. The van der Waals surface area contributed by atoms with Crippen LogP contribution in [0.2, 0.25) is 15.1 Å². The maximum absolute atomic E-state index is 13.1. The Bertz CT molecular complexity index is 4470.